The summed E-state index contributed by atoms with van der Waals surface area (Å²) in [5.74, 6) is 0. The number of rotatable bonds is 10. The summed E-state index contributed by atoms with van der Waals surface area (Å²) in [5.41, 5.74) is 3.50. The average Bonchev–Trinajstić information content (AvgIpc) is 2.48. The van der Waals surface area contributed by atoms with Gasteiger partial charge in [-0.1, -0.05) is 55.4 Å². The molecule has 23 heavy (non-hydrogen) atoms. The van der Waals surface area contributed by atoms with E-state index in [0.29, 0.717) is 0 Å². The Morgan fingerprint density at radius 1 is 0.739 bits per heavy atom. The van der Waals surface area contributed by atoms with Crippen molar-refractivity contribution in [3.63, 3.8) is 0 Å². The first-order valence-corrected chi connectivity index (χ1v) is 14.1. The van der Waals surface area contributed by atoms with Crippen molar-refractivity contribution < 1.29 is 22.0 Å². The van der Waals surface area contributed by atoms with E-state index in [0.717, 1.165) is 22.6 Å². The van der Waals surface area contributed by atoms with E-state index in [2.05, 4.69) is 77.0 Å². The molecule has 0 unspecified atom stereocenters. The molecule has 0 heterocycles. The predicted octanol–water partition coefficient (Wildman–Crippen LogP) is 5.56. The van der Waals surface area contributed by atoms with Gasteiger partial charge in [-0.05, 0) is 48.0 Å². The zero-order valence-electron chi connectivity index (χ0n) is 16.2. The molecular formula is C17H38ClNOP2Ru. The molecule has 0 aliphatic carbocycles. The quantitative estimate of drug-likeness (QED) is 0.146. The molecule has 0 fully saturated rings. The topological polar surface area (TPSA) is 31.9 Å². The maximum absolute atomic E-state index is 7.50. The van der Waals surface area contributed by atoms with E-state index >= 15 is 0 Å². The first-order chi connectivity index (χ1) is 10.8. The van der Waals surface area contributed by atoms with Crippen LogP contribution in [0.4, 0.5) is 0 Å². The second-order valence-corrected chi connectivity index (χ2v) is 13.7. The minimum absolute atomic E-state index is 0.207. The van der Waals surface area contributed by atoms with Gasteiger partial charge in [0.2, 0.25) is 0 Å². The van der Waals surface area contributed by atoms with E-state index in [1.54, 1.807) is 17.3 Å². The number of halogens is 1. The Bertz CT molecular complexity index is 226. The monoisotopic (exact) mass is 471 g/mol. The summed E-state index contributed by atoms with van der Waals surface area (Å²) in [5, 5.41) is 3.70. The second-order valence-electron chi connectivity index (χ2n) is 6.60. The van der Waals surface area contributed by atoms with Crippen LogP contribution in [0.15, 0.2) is 0 Å². The Morgan fingerprint density at radius 2 is 0.957 bits per heavy atom. The maximum atomic E-state index is 7.50. The summed E-state index contributed by atoms with van der Waals surface area (Å²) in [4.78, 5) is 0. The van der Waals surface area contributed by atoms with Gasteiger partial charge in [-0.2, -0.15) is 0 Å². The zero-order valence-corrected chi connectivity index (χ0v) is 20.6. The third kappa shape index (κ3) is 16.7. The minimum atomic E-state index is 0.207. The molecule has 0 spiro atoms. The van der Waals surface area contributed by atoms with Crippen LogP contribution in [0.25, 0.3) is 0 Å². The average molecular weight is 471 g/mol. The fourth-order valence-corrected chi connectivity index (χ4v) is 8.05. The Kier molecular flexibility index (Phi) is 25.2. The first-order valence-electron chi connectivity index (χ1n) is 8.34. The van der Waals surface area contributed by atoms with Crippen molar-refractivity contribution in [3.05, 3.63) is 6.65 Å². The van der Waals surface area contributed by atoms with E-state index < -0.39 is 0 Å². The molecule has 0 aliphatic heterocycles. The summed E-state index contributed by atoms with van der Waals surface area (Å²) in [6.07, 6.45) is 2.79. The van der Waals surface area contributed by atoms with Gasteiger partial charge in [0, 0.05) is 0 Å². The third-order valence-corrected chi connectivity index (χ3v) is 10.5. The molecule has 0 aliphatic rings. The molecule has 0 rings (SSSR count). The molecule has 0 radical (unpaired) electrons. The summed E-state index contributed by atoms with van der Waals surface area (Å²) in [7, 11) is 5.02. The van der Waals surface area contributed by atoms with Crippen LogP contribution < -0.4 is 5.32 Å². The van der Waals surface area contributed by atoms with Gasteiger partial charge in [0.15, 0.2) is 0 Å². The molecule has 142 valence electrons. The van der Waals surface area contributed by atoms with Gasteiger partial charge in [0.05, 0.1) is 0 Å². The van der Waals surface area contributed by atoms with Crippen LogP contribution in [-0.4, -0.2) is 48.0 Å². The molecule has 0 aromatic heterocycles. The van der Waals surface area contributed by atoms with Gasteiger partial charge in [-0.3, -0.25) is 0 Å². The van der Waals surface area contributed by atoms with Gasteiger partial charge < -0.3 is 5.32 Å². The van der Waals surface area contributed by atoms with Gasteiger partial charge in [0.1, 0.15) is 0 Å². The molecule has 1 N–H and O–H groups in total. The predicted molar refractivity (Wildman–Crippen MR) is 108 cm³/mol. The molecule has 2 nitrogen and oxygen atoms in total. The van der Waals surface area contributed by atoms with E-state index in [9.17, 15) is 0 Å². The SMILES string of the molecule is CC(C)P(CCNCCP(C(C)C)C(C)C)C(C)C.[C-]#[O+].[Cl][RuH]. The van der Waals surface area contributed by atoms with Gasteiger partial charge in [0.25, 0.3) is 0 Å². The molecule has 6 heteroatoms. The normalized spacial score (nSPS) is 11.1. The zero-order chi connectivity index (χ0) is 19.0. The van der Waals surface area contributed by atoms with Crippen molar-refractivity contribution in [2.45, 2.75) is 78.0 Å². The van der Waals surface area contributed by atoms with E-state index in [1.807, 2.05) is 0 Å². The molecule has 0 bridgehead atoms. The van der Waals surface area contributed by atoms with E-state index in [4.69, 9.17) is 4.65 Å². The van der Waals surface area contributed by atoms with Gasteiger partial charge in [-0.15, -0.1) is 15.8 Å². The second kappa shape index (κ2) is 19.8. The summed E-state index contributed by atoms with van der Waals surface area (Å²) >= 11 is 1.62. The first kappa shape index (κ1) is 29.2. The van der Waals surface area contributed by atoms with Crippen molar-refractivity contribution in [2.24, 2.45) is 0 Å². The van der Waals surface area contributed by atoms with Crippen molar-refractivity contribution in [3.8, 4) is 0 Å². The Labute approximate surface area is 162 Å². The van der Waals surface area contributed by atoms with Gasteiger partial charge >= 0.3 is 38.3 Å². The number of nitrogens with one attached hydrogen (secondary N) is 1. The molecule has 0 saturated carbocycles. The summed E-state index contributed by atoms with van der Waals surface area (Å²) in [6.45, 7) is 26.1. The van der Waals surface area contributed by atoms with Crippen LogP contribution in [0.3, 0.4) is 0 Å². The molecule has 0 amide bonds. The fourth-order valence-electron chi connectivity index (χ4n) is 2.77. The fraction of sp³-hybridized carbons (Fsp3) is 0.941. The summed E-state index contributed by atoms with van der Waals surface area (Å²) < 4.78 is 7.50. The Hall–Kier alpha value is 1.47. The molecule has 0 atom stereocenters. The van der Waals surface area contributed by atoms with Crippen molar-refractivity contribution in [1.29, 1.82) is 0 Å². The van der Waals surface area contributed by atoms with Crippen molar-refractivity contribution in [2.75, 3.05) is 25.4 Å². The standard InChI is InChI=1S/C16H37NP2.CO.ClH.Ru.H/c1-13(2)18(14(3)4)11-9-17-10-12-19(15(5)6)16(7)8;1-2;;;/h13-17H,9-12H2,1-8H3;;1H;;/q;;;+1;/p-1. The van der Waals surface area contributed by atoms with Crippen molar-refractivity contribution >= 4 is 25.5 Å². The third-order valence-electron chi connectivity index (χ3n) is 3.75. The molecular weight excluding hydrogens is 433 g/mol. The Balaban J connectivity index is -0.000000919. The van der Waals surface area contributed by atoms with Crippen LogP contribution in [0.1, 0.15) is 55.4 Å². The van der Waals surface area contributed by atoms with E-state index in [1.165, 1.54) is 25.4 Å². The van der Waals surface area contributed by atoms with Crippen LogP contribution >= 0.6 is 25.5 Å². The number of hydrogen-bond acceptors (Lipinski definition) is 1. The van der Waals surface area contributed by atoms with Crippen LogP contribution in [0.2, 0.25) is 0 Å². The molecule has 0 saturated heterocycles. The van der Waals surface area contributed by atoms with Crippen LogP contribution in [-0.2, 0) is 22.0 Å². The van der Waals surface area contributed by atoms with Crippen LogP contribution in [0.5, 0.6) is 0 Å². The van der Waals surface area contributed by atoms with Gasteiger partial charge in [-0.25, -0.2) is 0 Å². The van der Waals surface area contributed by atoms with E-state index in [-0.39, 0.29) is 15.8 Å². The molecule has 0 aromatic rings. The van der Waals surface area contributed by atoms with Crippen molar-refractivity contribution in [1.82, 2.24) is 5.32 Å². The summed E-state index contributed by atoms with van der Waals surface area (Å²) in [6, 6.07) is 0. The molecule has 0 aromatic carbocycles. The Morgan fingerprint density at radius 3 is 1.13 bits per heavy atom. The van der Waals surface area contributed by atoms with Crippen LogP contribution in [0, 0.1) is 6.65 Å². The number of hydrogen-bond donors (Lipinski definition) is 1.